The normalized spacial score (nSPS) is 16.6. The molecule has 1 aliphatic heterocycles. The maximum absolute atomic E-state index is 12.7. The Morgan fingerprint density at radius 3 is 2.84 bits per heavy atom. The number of ether oxygens (including phenoxy) is 1. The number of aromatic nitrogens is 2. The zero-order valence-corrected chi connectivity index (χ0v) is 23.4. The van der Waals surface area contributed by atoms with Gasteiger partial charge in [-0.25, -0.2) is 9.97 Å². The number of para-hydroxylation sites is 1. The summed E-state index contributed by atoms with van der Waals surface area (Å²) in [5, 5.41) is 7.28. The second kappa shape index (κ2) is 11.9. The highest BCUT2D eigenvalue weighted by molar-refractivity contribution is 7.22. The summed E-state index contributed by atoms with van der Waals surface area (Å²) in [6, 6.07) is 13.4. The molecule has 198 valence electrons. The third-order valence-electron chi connectivity index (χ3n) is 6.30. The van der Waals surface area contributed by atoms with Crippen molar-refractivity contribution in [2.75, 3.05) is 19.0 Å². The summed E-state index contributed by atoms with van der Waals surface area (Å²) >= 11 is 9.74. The number of methoxy groups -OCH3 is 1. The smallest absolute Gasteiger partial charge is 0.305 e. The van der Waals surface area contributed by atoms with E-state index in [-0.39, 0.29) is 17.8 Å². The Labute approximate surface area is 233 Å². The lowest BCUT2D eigenvalue weighted by atomic mass is 10.1. The number of hydroxylamine groups is 2. The van der Waals surface area contributed by atoms with Gasteiger partial charge in [0.15, 0.2) is 17.0 Å². The number of rotatable bonds is 10. The minimum Gasteiger partial charge on any atom is -0.469 e. The summed E-state index contributed by atoms with van der Waals surface area (Å²) in [5.41, 5.74) is 2.31. The maximum Gasteiger partial charge on any atom is 0.305 e. The topological polar surface area (TPSA) is 93.6 Å². The summed E-state index contributed by atoms with van der Waals surface area (Å²) in [6.45, 7) is 2.21. The van der Waals surface area contributed by atoms with Crippen LogP contribution in [0.1, 0.15) is 53.8 Å². The highest BCUT2D eigenvalue weighted by Gasteiger charge is 2.33. The molecule has 0 aliphatic carbocycles. The van der Waals surface area contributed by atoms with Crippen molar-refractivity contribution in [3.63, 3.8) is 0 Å². The molecule has 1 unspecified atom stereocenters. The fourth-order valence-corrected chi connectivity index (χ4v) is 6.54. The number of halogens is 1. The van der Waals surface area contributed by atoms with Gasteiger partial charge in [-0.1, -0.05) is 41.1 Å². The van der Waals surface area contributed by atoms with E-state index in [1.807, 2.05) is 41.5 Å². The van der Waals surface area contributed by atoms with Crippen LogP contribution in [-0.2, 0) is 25.6 Å². The highest BCUT2D eigenvalue weighted by Crippen LogP contribution is 2.38. The van der Waals surface area contributed by atoms with E-state index in [0.29, 0.717) is 35.7 Å². The summed E-state index contributed by atoms with van der Waals surface area (Å²) < 4.78 is 5.82. The first-order chi connectivity index (χ1) is 18.4. The van der Waals surface area contributed by atoms with Gasteiger partial charge in [-0.2, -0.15) is 5.06 Å². The molecule has 1 N–H and O–H groups in total. The van der Waals surface area contributed by atoms with E-state index in [2.05, 4.69) is 15.3 Å². The Balaban J connectivity index is 1.28. The number of hydrogen-bond donors (Lipinski definition) is 1. The predicted molar refractivity (Wildman–Crippen MR) is 150 cm³/mol. The zero-order valence-electron chi connectivity index (χ0n) is 21.0. The van der Waals surface area contributed by atoms with Crippen molar-refractivity contribution < 1.29 is 19.2 Å². The molecular formula is C27H27ClN4O4S2. The summed E-state index contributed by atoms with van der Waals surface area (Å²) in [7, 11) is 1.39. The van der Waals surface area contributed by atoms with Crippen LogP contribution in [0, 0.1) is 0 Å². The van der Waals surface area contributed by atoms with E-state index in [1.165, 1.54) is 14.0 Å². The Morgan fingerprint density at radius 2 is 2.08 bits per heavy atom. The number of nitrogens with one attached hydrogen (secondary N) is 1. The molecule has 2 aromatic carbocycles. The molecule has 0 amide bonds. The van der Waals surface area contributed by atoms with Crippen LogP contribution in [0.3, 0.4) is 0 Å². The molecule has 0 spiro atoms. The van der Waals surface area contributed by atoms with Crippen LogP contribution in [0.4, 0.5) is 10.8 Å². The first-order valence-electron chi connectivity index (χ1n) is 12.3. The Morgan fingerprint density at radius 1 is 1.24 bits per heavy atom. The van der Waals surface area contributed by atoms with Crippen molar-refractivity contribution >= 4 is 67.1 Å². The summed E-state index contributed by atoms with van der Waals surface area (Å²) in [4.78, 5) is 40.6. The van der Waals surface area contributed by atoms with Crippen LogP contribution in [0.15, 0.2) is 48.7 Å². The number of fused-ring (bicyclic) bond motifs is 1. The third-order valence-corrected chi connectivity index (χ3v) is 8.73. The average Bonchev–Trinajstić information content (AvgIpc) is 3.65. The van der Waals surface area contributed by atoms with Crippen LogP contribution >= 0.6 is 34.3 Å². The van der Waals surface area contributed by atoms with Crippen molar-refractivity contribution in [1.82, 2.24) is 15.0 Å². The van der Waals surface area contributed by atoms with Crippen molar-refractivity contribution in [3.05, 3.63) is 69.1 Å². The molecule has 5 rings (SSSR count). The molecule has 0 bridgehead atoms. The second-order valence-electron chi connectivity index (χ2n) is 8.99. The summed E-state index contributed by atoms with van der Waals surface area (Å²) in [6.07, 6.45) is 3.73. The molecule has 2 atom stereocenters. The van der Waals surface area contributed by atoms with Crippen molar-refractivity contribution in [3.8, 4) is 0 Å². The number of carbonyl (C=O) groups is 2. The van der Waals surface area contributed by atoms with Crippen LogP contribution in [0.25, 0.3) is 10.2 Å². The molecule has 1 aliphatic rings. The molecule has 0 radical (unpaired) electrons. The minimum atomic E-state index is -0.789. The van der Waals surface area contributed by atoms with Gasteiger partial charge in [0, 0.05) is 17.6 Å². The van der Waals surface area contributed by atoms with E-state index in [4.69, 9.17) is 21.2 Å². The Bertz CT molecular complexity index is 1420. The van der Waals surface area contributed by atoms with Crippen LogP contribution in [0.2, 0.25) is 5.02 Å². The van der Waals surface area contributed by atoms with Crippen molar-refractivity contribution in [1.29, 1.82) is 0 Å². The van der Waals surface area contributed by atoms with E-state index < -0.39 is 6.10 Å². The average molecular weight is 571 g/mol. The molecule has 3 heterocycles. The molecule has 8 nitrogen and oxygen atoms in total. The van der Waals surface area contributed by atoms with Gasteiger partial charge in [-0.05, 0) is 56.0 Å². The van der Waals surface area contributed by atoms with E-state index in [0.717, 1.165) is 38.1 Å². The predicted octanol–water partition coefficient (Wildman–Crippen LogP) is 6.65. The number of hydrogen-bond acceptors (Lipinski definition) is 10. The lowest BCUT2D eigenvalue weighted by molar-refractivity contribution is -0.209. The van der Waals surface area contributed by atoms with Gasteiger partial charge >= 0.3 is 5.97 Å². The van der Waals surface area contributed by atoms with Gasteiger partial charge in [0.2, 0.25) is 0 Å². The fraction of sp³-hybridized carbons (Fsp3) is 0.333. The van der Waals surface area contributed by atoms with Gasteiger partial charge in [-0.15, -0.1) is 11.3 Å². The first kappa shape index (κ1) is 26.7. The first-order valence-corrected chi connectivity index (χ1v) is 14.3. The summed E-state index contributed by atoms with van der Waals surface area (Å²) in [5.74, 6) is -0.355. The fourth-order valence-electron chi connectivity index (χ4n) is 4.37. The van der Waals surface area contributed by atoms with Gasteiger partial charge in [0.05, 0.1) is 40.5 Å². The van der Waals surface area contributed by atoms with Crippen LogP contribution in [0.5, 0.6) is 0 Å². The monoisotopic (exact) mass is 570 g/mol. The molecule has 38 heavy (non-hydrogen) atoms. The van der Waals surface area contributed by atoms with Crippen LogP contribution < -0.4 is 5.32 Å². The van der Waals surface area contributed by atoms with Crippen LogP contribution in [-0.4, -0.2) is 40.4 Å². The number of carbonyl (C=O) groups excluding carboxylic acids is 2. The second-order valence-corrected chi connectivity index (χ2v) is 11.6. The molecule has 0 saturated carbocycles. The van der Waals surface area contributed by atoms with E-state index in [9.17, 15) is 9.59 Å². The number of esters is 1. The van der Waals surface area contributed by atoms with Gasteiger partial charge < -0.3 is 10.1 Å². The molecule has 1 saturated heterocycles. The Kier molecular flexibility index (Phi) is 8.35. The van der Waals surface area contributed by atoms with Gasteiger partial charge in [0.25, 0.3) is 0 Å². The van der Waals surface area contributed by atoms with Gasteiger partial charge in [-0.3, -0.25) is 14.4 Å². The number of ketones is 1. The molecule has 11 heteroatoms. The zero-order chi connectivity index (χ0) is 26.6. The minimum absolute atomic E-state index is 0.0517. The third kappa shape index (κ3) is 6.05. The number of benzene rings is 2. The number of anilines is 2. The standard InChI is InChI=1S/C27H27ClN4O4S2/c1-16(33)25(36-32-13-5-7-22(32)26-29-15-18(37-26)10-12-24(34)35-2)17-9-11-20(19(28)14-17)30-27-31-21-6-3-4-8-23(21)38-27/h3-4,6,8-9,11,14-15,22,25H,5,7,10,12-13H2,1-2H3,(H,30,31)/t22-,25?/m0/s1. The molecule has 2 aromatic heterocycles. The largest absolute Gasteiger partial charge is 0.469 e. The van der Waals surface area contributed by atoms with Gasteiger partial charge in [0.1, 0.15) is 5.01 Å². The van der Waals surface area contributed by atoms with E-state index >= 15 is 0 Å². The van der Waals surface area contributed by atoms with Crippen molar-refractivity contribution in [2.45, 2.75) is 44.8 Å². The number of aryl methyl sites for hydroxylation is 1. The number of thiazole rings is 2. The number of nitrogens with zero attached hydrogens (tertiary/aromatic N) is 3. The quantitative estimate of drug-likeness (QED) is 0.212. The lowest BCUT2D eigenvalue weighted by Crippen LogP contribution is -2.28. The SMILES string of the molecule is COC(=O)CCc1cnc([C@@H]2CCCN2OC(C(C)=O)c2ccc(Nc3nc4ccccc4s3)c(Cl)c2)s1. The highest BCUT2D eigenvalue weighted by atomic mass is 35.5. The lowest BCUT2D eigenvalue weighted by Gasteiger charge is -2.27. The molecular weight excluding hydrogens is 544 g/mol. The maximum atomic E-state index is 12.7. The molecule has 1 fully saturated rings. The molecule has 4 aromatic rings. The Hall–Kier alpha value is -2.89. The number of Topliss-reactive ketones (excluding diaryl/α,β-unsaturated/α-hetero) is 1. The van der Waals surface area contributed by atoms with Crippen molar-refractivity contribution in [2.24, 2.45) is 0 Å². The van der Waals surface area contributed by atoms with E-state index in [1.54, 1.807) is 34.9 Å².